The van der Waals surface area contributed by atoms with Gasteiger partial charge in [-0.15, -0.1) is 0 Å². The molecule has 0 spiro atoms. The second-order valence-electron chi connectivity index (χ2n) is 11.9. The summed E-state index contributed by atoms with van der Waals surface area (Å²) in [4.78, 5) is 19.4. The van der Waals surface area contributed by atoms with E-state index in [2.05, 4.69) is 39.6 Å². The topological polar surface area (TPSA) is 102 Å². The Hall–Kier alpha value is -3.84. The zero-order valence-electron chi connectivity index (χ0n) is 24.4. The summed E-state index contributed by atoms with van der Waals surface area (Å²) in [6.07, 6.45) is 2.09. The number of fused-ring (bicyclic) bond motifs is 1. The van der Waals surface area contributed by atoms with Gasteiger partial charge in [0.25, 0.3) is 5.91 Å². The van der Waals surface area contributed by atoms with E-state index in [1.165, 1.54) is 4.57 Å². The summed E-state index contributed by atoms with van der Waals surface area (Å²) in [5.41, 5.74) is 1.76. The monoisotopic (exact) mass is 599 g/mol. The van der Waals surface area contributed by atoms with Gasteiger partial charge in [-0.3, -0.25) is 4.79 Å². The van der Waals surface area contributed by atoms with E-state index in [-0.39, 0.29) is 41.4 Å². The number of anilines is 1. The lowest BCUT2D eigenvalue weighted by Gasteiger charge is -2.36. The third-order valence-electron chi connectivity index (χ3n) is 8.57. The quantitative estimate of drug-likeness (QED) is 0.268. The average molecular weight is 600 g/mol. The van der Waals surface area contributed by atoms with Crippen LogP contribution in [0.4, 0.5) is 18.9 Å². The fourth-order valence-corrected chi connectivity index (χ4v) is 6.12. The van der Waals surface area contributed by atoms with Crippen molar-refractivity contribution >= 4 is 22.5 Å². The van der Waals surface area contributed by atoms with Crippen LogP contribution in [0.5, 0.6) is 0 Å². The first-order chi connectivity index (χ1) is 20.5. The molecule has 1 aliphatic heterocycles. The number of nitrogens with zero attached hydrogens (tertiary/aromatic N) is 5. The molecule has 1 saturated carbocycles. The minimum absolute atomic E-state index is 0.0182. The highest BCUT2D eigenvalue weighted by Crippen LogP contribution is 2.44. The molecule has 0 radical (unpaired) electrons. The first-order valence-electron chi connectivity index (χ1n) is 14.5. The van der Waals surface area contributed by atoms with Crippen molar-refractivity contribution in [2.45, 2.75) is 57.0 Å². The minimum Gasteiger partial charge on any atom is -0.382 e. The van der Waals surface area contributed by atoms with E-state index in [9.17, 15) is 18.0 Å². The van der Waals surface area contributed by atoms with Crippen molar-refractivity contribution in [3.05, 3.63) is 54.2 Å². The first kappa shape index (κ1) is 29.2. The molecule has 10 nitrogen and oxygen atoms in total. The van der Waals surface area contributed by atoms with Gasteiger partial charge in [0.15, 0.2) is 0 Å². The molecule has 1 aromatic carbocycles. The first-order valence-corrected chi connectivity index (χ1v) is 14.5. The van der Waals surface area contributed by atoms with Gasteiger partial charge in [0, 0.05) is 43.2 Å². The van der Waals surface area contributed by atoms with Gasteiger partial charge in [-0.05, 0) is 63.0 Å². The van der Waals surface area contributed by atoms with Crippen molar-refractivity contribution in [3.8, 4) is 11.5 Å². The number of benzene rings is 1. The van der Waals surface area contributed by atoms with Crippen LogP contribution in [0, 0.1) is 5.92 Å². The maximum atomic E-state index is 13.7. The van der Waals surface area contributed by atoms with Gasteiger partial charge >= 0.3 is 6.18 Å². The van der Waals surface area contributed by atoms with E-state index in [1.54, 1.807) is 37.6 Å². The van der Waals surface area contributed by atoms with E-state index in [0.29, 0.717) is 29.0 Å². The Labute approximate surface area is 247 Å². The molecule has 2 aliphatic rings. The van der Waals surface area contributed by atoms with Gasteiger partial charge < -0.3 is 33.9 Å². The fraction of sp³-hybridized carbons (Fsp3) is 0.500. The Bertz CT molecular complexity index is 1600. The molecule has 1 aliphatic carbocycles. The average Bonchev–Trinajstić information content (AvgIpc) is 3.31. The second kappa shape index (κ2) is 11.3. The zero-order valence-corrected chi connectivity index (χ0v) is 24.4. The second-order valence-corrected chi connectivity index (χ2v) is 11.9. The Morgan fingerprint density at radius 1 is 1.26 bits per heavy atom. The van der Waals surface area contributed by atoms with E-state index in [4.69, 9.17) is 9.26 Å². The molecule has 1 amide bonds. The highest BCUT2D eigenvalue weighted by molar-refractivity contribution is 5.96. The molecule has 2 atom stereocenters. The number of nitrogens with one attached hydrogen (secondary N) is 2. The van der Waals surface area contributed by atoms with Crippen LogP contribution in [-0.4, -0.2) is 76.2 Å². The number of halogens is 3. The molecule has 4 aromatic rings. The molecular formula is C30H36F3N7O3. The van der Waals surface area contributed by atoms with Gasteiger partial charge in [-0.25, -0.2) is 0 Å². The molecule has 13 heteroatoms. The SMILES string of the molecule is COCC1(n2ccc(C(=O)NCc3nc(-c4cc5c(N[C@H]6CCN(C)C[C@H]6C)cccc5n4CC(F)(F)F)no3)c2)CC1. The van der Waals surface area contributed by atoms with Crippen molar-refractivity contribution in [1.29, 1.82) is 0 Å². The van der Waals surface area contributed by atoms with Crippen LogP contribution in [0.2, 0.25) is 0 Å². The van der Waals surface area contributed by atoms with Crippen LogP contribution >= 0.6 is 0 Å². The van der Waals surface area contributed by atoms with Crippen LogP contribution in [0.15, 0.2) is 47.2 Å². The Morgan fingerprint density at radius 2 is 2.07 bits per heavy atom. The number of ether oxygens (including phenoxy) is 1. The molecule has 3 aromatic heterocycles. The number of hydrogen-bond acceptors (Lipinski definition) is 7. The largest absolute Gasteiger partial charge is 0.406 e. The standard InChI is InChI=1S/C30H36F3N7O3/c1-19-15-38(2)11-8-22(19)35-23-5-4-6-24-21(23)13-25(40(24)17-30(31,32)33)27-36-26(43-37-27)14-34-28(41)20-7-12-39(16-20)29(9-10-29)18-42-3/h4-7,12-13,16,19,22,35H,8-11,14-15,17-18H2,1-3H3,(H,34,41)/t19-,22+/m1/s1. The lowest BCUT2D eigenvalue weighted by Crippen LogP contribution is -2.43. The van der Waals surface area contributed by atoms with Crippen LogP contribution in [0.3, 0.4) is 0 Å². The molecule has 230 valence electrons. The van der Waals surface area contributed by atoms with Crippen LogP contribution in [-0.2, 0) is 23.4 Å². The molecule has 6 rings (SSSR count). The summed E-state index contributed by atoms with van der Waals surface area (Å²) in [6, 6.07) is 8.92. The fourth-order valence-electron chi connectivity index (χ4n) is 6.12. The molecule has 43 heavy (non-hydrogen) atoms. The maximum Gasteiger partial charge on any atom is 0.406 e. The third kappa shape index (κ3) is 6.14. The summed E-state index contributed by atoms with van der Waals surface area (Å²) in [7, 11) is 3.75. The summed E-state index contributed by atoms with van der Waals surface area (Å²) in [5.74, 6) is 0.157. The van der Waals surface area contributed by atoms with E-state index in [0.717, 1.165) is 38.0 Å². The molecule has 2 fully saturated rings. The normalized spacial score (nSPS) is 20.4. The number of carbonyl (C=O) groups is 1. The minimum atomic E-state index is -4.47. The Kier molecular flexibility index (Phi) is 7.71. The van der Waals surface area contributed by atoms with Crippen molar-refractivity contribution in [2.24, 2.45) is 5.92 Å². The molecular weight excluding hydrogens is 563 g/mol. The van der Waals surface area contributed by atoms with E-state index in [1.807, 2.05) is 16.8 Å². The maximum absolute atomic E-state index is 13.7. The summed E-state index contributed by atoms with van der Waals surface area (Å²) in [6.45, 7) is 3.36. The Balaban J connectivity index is 1.22. The highest BCUT2D eigenvalue weighted by atomic mass is 19.4. The summed E-state index contributed by atoms with van der Waals surface area (Å²) in [5, 5.41) is 11.0. The number of methoxy groups -OCH3 is 1. The number of piperidine rings is 1. The van der Waals surface area contributed by atoms with Crippen molar-refractivity contribution in [1.82, 2.24) is 29.5 Å². The third-order valence-corrected chi connectivity index (χ3v) is 8.57. The van der Waals surface area contributed by atoms with Crippen molar-refractivity contribution in [3.63, 3.8) is 0 Å². The molecule has 1 saturated heterocycles. The highest BCUT2D eigenvalue weighted by Gasteiger charge is 2.44. The van der Waals surface area contributed by atoms with E-state index < -0.39 is 12.7 Å². The number of carbonyl (C=O) groups excluding carboxylic acids is 1. The number of hydrogen-bond donors (Lipinski definition) is 2. The van der Waals surface area contributed by atoms with Gasteiger partial charge in [0.1, 0.15) is 6.54 Å². The predicted molar refractivity (Wildman–Crippen MR) is 155 cm³/mol. The molecule has 0 bridgehead atoms. The lowest BCUT2D eigenvalue weighted by atomic mass is 9.94. The van der Waals surface area contributed by atoms with Gasteiger partial charge in [0.05, 0.1) is 35.5 Å². The Morgan fingerprint density at radius 3 is 2.79 bits per heavy atom. The zero-order chi connectivity index (χ0) is 30.4. The summed E-state index contributed by atoms with van der Waals surface area (Å²) >= 11 is 0. The van der Waals surface area contributed by atoms with E-state index >= 15 is 0 Å². The molecule has 2 N–H and O–H groups in total. The van der Waals surface area contributed by atoms with Crippen LogP contribution in [0.1, 0.15) is 42.4 Å². The van der Waals surface area contributed by atoms with Crippen LogP contribution in [0.25, 0.3) is 22.4 Å². The number of likely N-dealkylation sites (tertiary alicyclic amines) is 1. The number of alkyl halides is 3. The molecule has 0 unspecified atom stereocenters. The number of aromatic nitrogens is 4. The predicted octanol–water partition coefficient (Wildman–Crippen LogP) is 4.87. The summed E-state index contributed by atoms with van der Waals surface area (Å²) < 4.78 is 55.1. The van der Waals surface area contributed by atoms with Crippen LogP contribution < -0.4 is 10.6 Å². The van der Waals surface area contributed by atoms with Gasteiger partial charge in [-0.1, -0.05) is 18.1 Å². The smallest absolute Gasteiger partial charge is 0.382 e. The number of rotatable bonds is 10. The van der Waals surface area contributed by atoms with Crippen molar-refractivity contribution < 1.29 is 27.2 Å². The van der Waals surface area contributed by atoms with Gasteiger partial charge in [0.2, 0.25) is 11.7 Å². The lowest BCUT2D eigenvalue weighted by molar-refractivity contribution is -0.139. The van der Waals surface area contributed by atoms with Gasteiger partial charge in [-0.2, -0.15) is 18.2 Å². The number of amides is 1. The molecule has 4 heterocycles. The van der Waals surface area contributed by atoms with Crippen molar-refractivity contribution in [2.75, 3.05) is 39.2 Å².